The lowest BCUT2D eigenvalue weighted by Gasteiger charge is -2.37. The number of aryl methyl sites for hydroxylation is 1. The first-order valence-electron chi connectivity index (χ1n) is 20.6. The number of methoxy groups -OCH3 is 1. The molecule has 0 saturated carbocycles. The van der Waals surface area contributed by atoms with Gasteiger partial charge in [0.05, 0.1) is 35.3 Å². The Hall–Kier alpha value is -4.66. The number of thiazole rings is 1. The first-order chi connectivity index (χ1) is 27.8. The minimum Gasteiger partial charge on any atom is -0.464 e. The highest BCUT2D eigenvalue weighted by atomic mass is 32.1. The summed E-state index contributed by atoms with van der Waals surface area (Å²) in [5, 5.41) is 7.52. The predicted molar refractivity (Wildman–Crippen MR) is 225 cm³/mol. The Balaban J connectivity index is 1.18. The number of fused-ring (bicyclic) bond motifs is 1. The molecule has 14 heteroatoms. The Bertz CT molecular complexity index is 2100. The molecule has 312 valence electrons. The number of hydrogen-bond acceptors (Lipinski definition) is 10. The largest absolute Gasteiger partial charge is 0.464 e. The minimum absolute atomic E-state index is 0.00687. The molecule has 0 radical (unpaired) electrons. The molecule has 5 heterocycles. The number of hydrazine groups is 1. The molecule has 3 amide bonds. The maximum Gasteiger partial charge on any atom is 0.324 e. The first kappa shape index (κ1) is 42.9. The van der Waals surface area contributed by atoms with Crippen LogP contribution in [-0.4, -0.2) is 93.6 Å². The van der Waals surface area contributed by atoms with Gasteiger partial charge in [-0.3, -0.25) is 29.2 Å². The fourth-order valence-corrected chi connectivity index (χ4v) is 8.96. The van der Waals surface area contributed by atoms with Crippen molar-refractivity contribution in [3.05, 3.63) is 58.7 Å². The molecule has 0 spiro atoms. The van der Waals surface area contributed by atoms with Crippen LogP contribution in [0.25, 0.3) is 33.4 Å². The molecule has 0 bridgehead atoms. The molecule has 3 aromatic heterocycles. The number of piperidine rings is 1. The standard InChI is InChI=1S/C44H59N7O6S/c1-9-30-20-29(22-38(52)49(30)7)41(53)47-34(10-2)42(54)51-19-13-15-35(48-51)43(55)57-25-44(5,6)23-33-32-21-28(36-24-58-26-46-36)16-17-37(32)50(11-3)40(33)31-14-12-18-45-39(31)27(4)56-8/h12,14,16-18,21,24,26-27,29-30,34-35,48H,9-11,13,15,19-20,22-23,25H2,1-8H3,(H,47,53)/t27-,29-,30+,34-,35-/m0/s1. The number of nitrogens with one attached hydrogen (secondary N) is 2. The van der Waals surface area contributed by atoms with Gasteiger partial charge in [0, 0.05) is 84.6 Å². The number of benzene rings is 1. The molecule has 2 aliphatic rings. The summed E-state index contributed by atoms with van der Waals surface area (Å²) in [6, 6.07) is 9.04. The fourth-order valence-electron chi connectivity index (χ4n) is 8.40. The number of esters is 1. The molecule has 2 fully saturated rings. The molecule has 2 saturated heterocycles. The number of nitrogens with zero attached hydrogens (tertiary/aromatic N) is 5. The number of hydrogen-bond donors (Lipinski definition) is 2. The van der Waals surface area contributed by atoms with Crippen LogP contribution in [0.1, 0.15) is 97.4 Å². The minimum atomic E-state index is -0.786. The Morgan fingerprint density at radius 1 is 1.14 bits per heavy atom. The number of carbonyl (C=O) groups excluding carboxylic acids is 4. The van der Waals surface area contributed by atoms with Gasteiger partial charge in [-0.1, -0.05) is 33.8 Å². The van der Waals surface area contributed by atoms with Crippen LogP contribution < -0.4 is 10.7 Å². The number of rotatable bonds is 15. The Kier molecular flexibility index (Phi) is 13.7. The van der Waals surface area contributed by atoms with Crippen molar-refractivity contribution in [1.29, 1.82) is 0 Å². The number of aromatic nitrogens is 3. The summed E-state index contributed by atoms with van der Waals surface area (Å²) in [7, 11) is 3.47. The highest BCUT2D eigenvalue weighted by Gasteiger charge is 2.38. The molecule has 2 aliphatic heterocycles. The molecule has 0 aliphatic carbocycles. The van der Waals surface area contributed by atoms with E-state index in [9.17, 15) is 19.2 Å². The summed E-state index contributed by atoms with van der Waals surface area (Å²) >= 11 is 1.56. The van der Waals surface area contributed by atoms with Gasteiger partial charge in [-0.15, -0.1) is 11.3 Å². The Morgan fingerprint density at radius 2 is 1.93 bits per heavy atom. The zero-order valence-corrected chi connectivity index (χ0v) is 36.0. The van der Waals surface area contributed by atoms with Crippen LogP contribution in [-0.2, 0) is 41.6 Å². The Morgan fingerprint density at radius 3 is 2.62 bits per heavy atom. The molecule has 4 aromatic rings. The van der Waals surface area contributed by atoms with Gasteiger partial charge >= 0.3 is 5.97 Å². The van der Waals surface area contributed by atoms with Crippen molar-refractivity contribution in [2.75, 3.05) is 27.3 Å². The SMILES string of the molecule is CC[C@@H]1C[C@H](C(=O)N[C@@H](CC)C(=O)N2CCC[C@@H](C(=O)OCC(C)(C)Cc3c(-c4cccnc4[C@H](C)OC)n(CC)c4ccc(-c5cscn5)cc34)N2)CC(=O)N1C. The van der Waals surface area contributed by atoms with E-state index in [1.807, 2.05) is 32.3 Å². The lowest BCUT2D eigenvalue weighted by Crippen LogP contribution is -2.60. The van der Waals surface area contributed by atoms with Gasteiger partial charge < -0.3 is 24.3 Å². The summed E-state index contributed by atoms with van der Waals surface area (Å²) in [5.74, 6) is -1.56. The quantitative estimate of drug-likeness (QED) is 0.125. The van der Waals surface area contributed by atoms with Crippen LogP contribution in [0.2, 0.25) is 0 Å². The normalized spacial score (nSPS) is 19.9. The van der Waals surface area contributed by atoms with Gasteiger partial charge in [0.2, 0.25) is 11.8 Å². The van der Waals surface area contributed by atoms with E-state index in [1.165, 1.54) is 5.01 Å². The van der Waals surface area contributed by atoms with E-state index in [-0.39, 0.29) is 42.9 Å². The molecule has 5 atom stereocenters. The van der Waals surface area contributed by atoms with Crippen molar-refractivity contribution in [3.8, 4) is 22.5 Å². The second-order valence-corrected chi connectivity index (χ2v) is 17.1. The second-order valence-electron chi connectivity index (χ2n) is 16.4. The zero-order chi connectivity index (χ0) is 41.7. The van der Waals surface area contributed by atoms with Crippen LogP contribution in [0, 0.1) is 11.3 Å². The summed E-state index contributed by atoms with van der Waals surface area (Å²) in [6.07, 6.45) is 5.09. The topological polar surface area (TPSA) is 148 Å². The van der Waals surface area contributed by atoms with Crippen molar-refractivity contribution in [1.82, 2.24) is 35.2 Å². The maximum absolute atomic E-state index is 13.7. The monoisotopic (exact) mass is 813 g/mol. The first-order valence-corrected chi connectivity index (χ1v) is 21.6. The summed E-state index contributed by atoms with van der Waals surface area (Å²) < 4.78 is 14.2. The molecule has 58 heavy (non-hydrogen) atoms. The molecule has 13 nitrogen and oxygen atoms in total. The lowest BCUT2D eigenvalue weighted by molar-refractivity contribution is -0.155. The molecule has 0 unspecified atom stereocenters. The number of amides is 3. The zero-order valence-electron chi connectivity index (χ0n) is 35.2. The van der Waals surface area contributed by atoms with Gasteiger partial charge in [0.15, 0.2) is 0 Å². The summed E-state index contributed by atoms with van der Waals surface area (Å²) in [5.41, 5.74) is 11.6. The van der Waals surface area contributed by atoms with Gasteiger partial charge in [-0.05, 0) is 82.2 Å². The highest BCUT2D eigenvalue weighted by molar-refractivity contribution is 7.07. The van der Waals surface area contributed by atoms with Crippen LogP contribution >= 0.6 is 11.3 Å². The van der Waals surface area contributed by atoms with Crippen molar-refractivity contribution >= 4 is 45.9 Å². The third-order valence-electron chi connectivity index (χ3n) is 11.8. The molecule has 2 N–H and O–H groups in total. The van der Waals surface area contributed by atoms with E-state index < -0.39 is 29.4 Å². The fraction of sp³-hybridized carbons (Fsp3) is 0.545. The van der Waals surface area contributed by atoms with Gasteiger partial charge in [0.1, 0.15) is 12.1 Å². The third-order valence-corrected chi connectivity index (χ3v) is 12.4. The highest BCUT2D eigenvalue weighted by Crippen LogP contribution is 2.41. The van der Waals surface area contributed by atoms with Crippen molar-refractivity contribution < 1.29 is 28.7 Å². The van der Waals surface area contributed by atoms with Gasteiger partial charge in [-0.25, -0.2) is 10.4 Å². The Labute approximate surface area is 345 Å². The van der Waals surface area contributed by atoms with Crippen LogP contribution in [0.3, 0.4) is 0 Å². The molecule has 6 rings (SSSR count). The average molecular weight is 814 g/mol. The lowest BCUT2D eigenvalue weighted by atomic mass is 9.84. The van der Waals surface area contributed by atoms with E-state index in [2.05, 4.69) is 70.7 Å². The van der Waals surface area contributed by atoms with Crippen molar-refractivity contribution in [3.63, 3.8) is 0 Å². The van der Waals surface area contributed by atoms with E-state index in [0.29, 0.717) is 38.6 Å². The van der Waals surface area contributed by atoms with E-state index in [1.54, 1.807) is 36.6 Å². The van der Waals surface area contributed by atoms with Crippen molar-refractivity contribution in [2.45, 2.75) is 117 Å². The summed E-state index contributed by atoms with van der Waals surface area (Å²) in [6.45, 7) is 13.5. The van der Waals surface area contributed by atoms with Gasteiger partial charge in [0.25, 0.3) is 5.91 Å². The van der Waals surface area contributed by atoms with Crippen LogP contribution in [0.5, 0.6) is 0 Å². The number of pyridine rings is 1. The van der Waals surface area contributed by atoms with E-state index >= 15 is 0 Å². The van der Waals surface area contributed by atoms with Crippen molar-refractivity contribution in [2.24, 2.45) is 11.3 Å². The smallest absolute Gasteiger partial charge is 0.324 e. The molecular weight excluding hydrogens is 755 g/mol. The second kappa shape index (κ2) is 18.5. The van der Waals surface area contributed by atoms with E-state index in [0.717, 1.165) is 57.6 Å². The molecular formula is C44H59N7O6S. The number of ether oxygens (including phenoxy) is 2. The van der Waals surface area contributed by atoms with Gasteiger partial charge in [-0.2, -0.15) is 0 Å². The van der Waals surface area contributed by atoms with Crippen LogP contribution in [0.4, 0.5) is 0 Å². The predicted octanol–water partition coefficient (Wildman–Crippen LogP) is 6.70. The summed E-state index contributed by atoms with van der Waals surface area (Å²) in [4.78, 5) is 64.4. The third kappa shape index (κ3) is 9.14. The maximum atomic E-state index is 13.7. The van der Waals surface area contributed by atoms with Crippen LogP contribution in [0.15, 0.2) is 47.4 Å². The number of likely N-dealkylation sites (tertiary alicyclic amines) is 1. The average Bonchev–Trinajstić information content (AvgIpc) is 3.88. The number of carbonyl (C=O) groups is 4. The van der Waals surface area contributed by atoms with E-state index in [4.69, 9.17) is 14.5 Å². The molecule has 1 aromatic carbocycles.